The lowest BCUT2D eigenvalue weighted by atomic mass is 10.3. The van der Waals surface area contributed by atoms with Crippen molar-refractivity contribution in [2.75, 3.05) is 0 Å². The van der Waals surface area contributed by atoms with Crippen LogP contribution in [0.5, 0.6) is 0 Å². The van der Waals surface area contributed by atoms with Crippen molar-refractivity contribution >= 4 is 12.1 Å². The summed E-state index contributed by atoms with van der Waals surface area (Å²) < 4.78 is 0. The zero-order chi connectivity index (χ0) is 11.9. The quantitative estimate of drug-likeness (QED) is 0.595. The largest absolute Gasteiger partial charge is 0.412 e. The lowest BCUT2D eigenvalue weighted by Gasteiger charge is -1.97. The number of hydrogen-bond donors (Lipinski definition) is 1. The van der Waals surface area contributed by atoms with Crippen LogP contribution in [0.3, 0.4) is 0 Å². The average Bonchev–Trinajstić information content (AvgIpc) is 2.41. The highest BCUT2D eigenvalue weighted by Crippen LogP contribution is 1.94. The van der Waals surface area contributed by atoms with E-state index in [-0.39, 0.29) is 16.9 Å². The molecule has 0 atom stereocenters. The minimum atomic E-state index is -0.301. The molecule has 19 heavy (non-hydrogen) atoms. The van der Waals surface area contributed by atoms with E-state index < -0.39 is 0 Å². The summed E-state index contributed by atoms with van der Waals surface area (Å²) in [5.41, 5.74) is 3.54. The van der Waals surface area contributed by atoms with Gasteiger partial charge in [-0.2, -0.15) is 5.10 Å². The summed E-state index contributed by atoms with van der Waals surface area (Å²) in [5, 5.41) is 3.80. The number of hydrogen-bond acceptors (Lipinski definition) is 4. The Kier molecular flexibility index (Phi) is 7.28. The van der Waals surface area contributed by atoms with Crippen LogP contribution in [-0.2, 0) is 0 Å². The maximum Gasteiger partial charge on any atom is 0.272 e. The van der Waals surface area contributed by atoms with E-state index in [1.807, 2.05) is 12.1 Å². The average molecular weight is 262 g/mol. The fourth-order valence-corrected chi connectivity index (χ4v) is 1.17. The summed E-state index contributed by atoms with van der Waals surface area (Å²) in [6, 6.07) is 8.80. The highest BCUT2D eigenvalue weighted by Gasteiger charge is 2.01. The zero-order valence-electron chi connectivity index (χ0n) is 9.95. The molecule has 0 aliphatic rings. The molecule has 0 aliphatic carbocycles. The van der Waals surface area contributed by atoms with Gasteiger partial charge in [0, 0.05) is 18.6 Å². The monoisotopic (exact) mass is 262 g/mol. The number of hydrazone groups is 1. The number of amides is 1. The lowest BCUT2D eigenvalue weighted by molar-refractivity contribution is 0.0955. The first-order valence-electron chi connectivity index (χ1n) is 5.01. The number of nitrogens with zero attached hydrogens (tertiary/aromatic N) is 3. The molecule has 0 spiro atoms. The van der Waals surface area contributed by atoms with Gasteiger partial charge in [0.05, 0.1) is 17.5 Å². The van der Waals surface area contributed by atoms with E-state index in [0.29, 0.717) is 11.3 Å². The molecule has 0 unspecified atom stereocenters. The van der Waals surface area contributed by atoms with Gasteiger partial charge in [-0.1, -0.05) is 6.07 Å². The first-order valence-corrected chi connectivity index (χ1v) is 5.01. The molecule has 5 N–H and O–H groups in total. The number of carbonyl (C=O) groups excluding carboxylic acids is 1. The minimum Gasteiger partial charge on any atom is -0.412 e. The molecule has 2 heterocycles. The summed E-state index contributed by atoms with van der Waals surface area (Å²) in [6.45, 7) is 0. The van der Waals surface area contributed by atoms with Gasteiger partial charge in [0.15, 0.2) is 0 Å². The van der Waals surface area contributed by atoms with E-state index >= 15 is 0 Å². The second-order valence-electron chi connectivity index (χ2n) is 3.20. The Hall–Kier alpha value is -2.64. The van der Waals surface area contributed by atoms with Crippen LogP contribution in [0.15, 0.2) is 54.0 Å². The number of nitrogens with one attached hydrogen (secondary N) is 1. The Balaban J connectivity index is 0.00000162. The number of pyridine rings is 2. The number of carbonyl (C=O) groups is 1. The van der Waals surface area contributed by atoms with Crippen molar-refractivity contribution in [2.24, 2.45) is 5.10 Å². The highest BCUT2D eigenvalue weighted by atomic mass is 16.2. The third-order valence-electron chi connectivity index (χ3n) is 1.97. The molecular weight excluding hydrogens is 248 g/mol. The standard InChI is InChI=1S/C12H10N4O.2H2O/c17-12(10-4-3-6-13-8-10)16-15-9-11-5-1-2-7-14-11;;/h1-9H,(H,16,17);2*1H2. The van der Waals surface area contributed by atoms with Gasteiger partial charge in [-0.15, -0.1) is 0 Å². The summed E-state index contributed by atoms with van der Waals surface area (Å²) in [4.78, 5) is 19.4. The second-order valence-corrected chi connectivity index (χ2v) is 3.20. The van der Waals surface area contributed by atoms with E-state index in [1.165, 1.54) is 12.4 Å². The number of aromatic nitrogens is 2. The molecule has 7 nitrogen and oxygen atoms in total. The van der Waals surface area contributed by atoms with Gasteiger partial charge in [-0.3, -0.25) is 14.8 Å². The predicted octanol–water partition coefficient (Wildman–Crippen LogP) is -0.409. The first-order chi connectivity index (χ1) is 8.36. The molecule has 0 bridgehead atoms. The van der Waals surface area contributed by atoms with Crippen molar-refractivity contribution in [3.63, 3.8) is 0 Å². The van der Waals surface area contributed by atoms with Gasteiger partial charge < -0.3 is 11.0 Å². The third kappa shape index (κ3) is 5.02. The van der Waals surface area contributed by atoms with E-state index in [9.17, 15) is 4.79 Å². The maximum absolute atomic E-state index is 11.5. The van der Waals surface area contributed by atoms with Crippen LogP contribution < -0.4 is 5.43 Å². The summed E-state index contributed by atoms with van der Waals surface area (Å²) in [6.07, 6.45) is 6.22. The second kappa shape index (κ2) is 8.45. The molecule has 0 radical (unpaired) electrons. The predicted molar refractivity (Wildman–Crippen MR) is 70.8 cm³/mol. The molecule has 0 saturated carbocycles. The van der Waals surface area contributed by atoms with E-state index in [1.54, 1.807) is 30.6 Å². The molecule has 2 aromatic rings. The van der Waals surface area contributed by atoms with Crippen molar-refractivity contribution in [1.82, 2.24) is 15.4 Å². The molecule has 2 aromatic heterocycles. The Morgan fingerprint density at radius 1 is 1.16 bits per heavy atom. The van der Waals surface area contributed by atoms with Gasteiger partial charge in [0.2, 0.25) is 0 Å². The molecule has 0 fully saturated rings. The zero-order valence-corrected chi connectivity index (χ0v) is 9.95. The van der Waals surface area contributed by atoms with Crippen LogP contribution in [-0.4, -0.2) is 33.0 Å². The van der Waals surface area contributed by atoms with Crippen molar-refractivity contribution < 1.29 is 15.7 Å². The molecular formula is C12H14N4O3. The SMILES string of the molecule is O.O.O=C(NN=Cc1ccccn1)c1cccnc1. The third-order valence-corrected chi connectivity index (χ3v) is 1.97. The van der Waals surface area contributed by atoms with Crippen LogP contribution in [0.4, 0.5) is 0 Å². The smallest absolute Gasteiger partial charge is 0.272 e. The molecule has 0 aromatic carbocycles. The van der Waals surface area contributed by atoms with E-state index in [4.69, 9.17) is 0 Å². The van der Waals surface area contributed by atoms with Crippen LogP contribution in [0.1, 0.15) is 16.1 Å². The van der Waals surface area contributed by atoms with E-state index in [0.717, 1.165) is 0 Å². The topological polar surface area (TPSA) is 130 Å². The minimum absolute atomic E-state index is 0. The fourth-order valence-electron chi connectivity index (χ4n) is 1.17. The van der Waals surface area contributed by atoms with Crippen LogP contribution in [0.2, 0.25) is 0 Å². The van der Waals surface area contributed by atoms with Gasteiger partial charge in [-0.25, -0.2) is 5.43 Å². The summed E-state index contributed by atoms with van der Waals surface area (Å²) in [5.74, 6) is -0.301. The van der Waals surface area contributed by atoms with Gasteiger partial charge in [0.25, 0.3) is 5.91 Å². The fraction of sp³-hybridized carbons (Fsp3) is 0. The molecule has 0 saturated heterocycles. The van der Waals surface area contributed by atoms with Gasteiger partial charge in [0.1, 0.15) is 0 Å². The van der Waals surface area contributed by atoms with Crippen LogP contribution >= 0.6 is 0 Å². The molecule has 1 amide bonds. The highest BCUT2D eigenvalue weighted by molar-refractivity contribution is 5.94. The Morgan fingerprint density at radius 2 is 2.00 bits per heavy atom. The molecule has 100 valence electrons. The first kappa shape index (κ1) is 16.4. The lowest BCUT2D eigenvalue weighted by Crippen LogP contribution is -2.17. The van der Waals surface area contributed by atoms with E-state index in [2.05, 4.69) is 20.5 Å². The Morgan fingerprint density at radius 3 is 2.63 bits per heavy atom. The van der Waals surface area contributed by atoms with Gasteiger partial charge in [-0.05, 0) is 24.3 Å². The van der Waals surface area contributed by atoms with Gasteiger partial charge >= 0.3 is 0 Å². The van der Waals surface area contributed by atoms with Crippen LogP contribution in [0.25, 0.3) is 0 Å². The summed E-state index contributed by atoms with van der Waals surface area (Å²) in [7, 11) is 0. The molecule has 2 rings (SSSR count). The van der Waals surface area contributed by atoms with Crippen molar-refractivity contribution in [2.45, 2.75) is 0 Å². The number of rotatable bonds is 3. The Labute approximate surface area is 109 Å². The molecule has 0 aliphatic heterocycles. The maximum atomic E-state index is 11.5. The van der Waals surface area contributed by atoms with Crippen molar-refractivity contribution in [3.8, 4) is 0 Å². The summed E-state index contributed by atoms with van der Waals surface area (Å²) >= 11 is 0. The normalized spacial score (nSPS) is 9.26. The molecule has 7 heteroatoms. The van der Waals surface area contributed by atoms with Crippen LogP contribution in [0, 0.1) is 0 Å². The Bertz CT molecular complexity index is 517. The van der Waals surface area contributed by atoms with Crippen molar-refractivity contribution in [3.05, 3.63) is 60.2 Å². The van der Waals surface area contributed by atoms with Crippen molar-refractivity contribution in [1.29, 1.82) is 0 Å².